The van der Waals surface area contributed by atoms with E-state index in [4.69, 9.17) is 16.3 Å². The predicted molar refractivity (Wildman–Crippen MR) is 95.4 cm³/mol. The zero-order valence-corrected chi connectivity index (χ0v) is 15.2. The SMILES string of the molecule is CCOCc1ccccc1NS(=O)(=O)c1cc(Cl)c(C)c([N+](=O)[O-])c1. The number of para-hydroxylation sites is 1. The quantitative estimate of drug-likeness (QED) is 0.576. The molecule has 0 amide bonds. The highest BCUT2D eigenvalue weighted by molar-refractivity contribution is 7.92. The van der Waals surface area contributed by atoms with Crippen molar-refractivity contribution in [2.24, 2.45) is 0 Å². The molecule has 1 N–H and O–H groups in total. The van der Waals surface area contributed by atoms with Gasteiger partial charge in [-0.2, -0.15) is 0 Å². The van der Waals surface area contributed by atoms with Crippen molar-refractivity contribution >= 4 is 33.0 Å². The molecule has 0 saturated heterocycles. The highest BCUT2D eigenvalue weighted by atomic mass is 35.5. The van der Waals surface area contributed by atoms with Crippen molar-refractivity contribution in [3.8, 4) is 0 Å². The van der Waals surface area contributed by atoms with Crippen LogP contribution in [0.5, 0.6) is 0 Å². The molecule has 0 atom stereocenters. The molecule has 0 unspecified atom stereocenters. The van der Waals surface area contributed by atoms with E-state index in [1.807, 2.05) is 6.92 Å². The van der Waals surface area contributed by atoms with Gasteiger partial charge in [-0.1, -0.05) is 29.8 Å². The molecule has 2 aromatic carbocycles. The van der Waals surface area contributed by atoms with Crippen LogP contribution in [0.3, 0.4) is 0 Å². The molecule has 0 saturated carbocycles. The number of benzene rings is 2. The van der Waals surface area contributed by atoms with E-state index in [-0.39, 0.29) is 27.8 Å². The first-order valence-electron chi connectivity index (χ1n) is 7.39. The Labute approximate surface area is 150 Å². The fourth-order valence-electron chi connectivity index (χ4n) is 2.15. The highest BCUT2D eigenvalue weighted by Crippen LogP contribution is 2.30. The maximum atomic E-state index is 12.6. The van der Waals surface area contributed by atoms with Crippen molar-refractivity contribution in [1.82, 2.24) is 0 Å². The predicted octanol–water partition coefficient (Wildman–Crippen LogP) is 3.89. The molecule has 2 rings (SSSR count). The van der Waals surface area contributed by atoms with E-state index in [0.29, 0.717) is 17.9 Å². The van der Waals surface area contributed by atoms with Gasteiger partial charge in [-0.15, -0.1) is 0 Å². The van der Waals surface area contributed by atoms with Gasteiger partial charge < -0.3 is 4.74 Å². The van der Waals surface area contributed by atoms with Crippen LogP contribution in [0.15, 0.2) is 41.3 Å². The smallest absolute Gasteiger partial charge is 0.275 e. The summed E-state index contributed by atoms with van der Waals surface area (Å²) in [5.41, 5.74) is 0.855. The molecular formula is C16H17ClN2O5S. The summed E-state index contributed by atoms with van der Waals surface area (Å²) in [7, 11) is -4.05. The molecule has 0 aromatic heterocycles. The summed E-state index contributed by atoms with van der Waals surface area (Å²) < 4.78 is 33.0. The summed E-state index contributed by atoms with van der Waals surface area (Å²) in [6.07, 6.45) is 0. The van der Waals surface area contributed by atoms with Gasteiger partial charge in [0.2, 0.25) is 0 Å². The molecule has 0 aliphatic rings. The number of hydrogen-bond donors (Lipinski definition) is 1. The van der Waals surface area contributed by atoms with E-state index in [1.165, 1.54) is 13.0 Å². The van der Waals surface area contributed by atoms with Crippen LogP contribution in [0.1, 0.15) is 18.1 Å². The number of sulfonamides is 1. The van der Waals surface area contributed by atoms with Gasteiger partial charge in [0, 0.05) is 23.8 Å². The van der Waals surface area contributed by atoms with Crippen LogP contribution in [0, 0.1) is 17.0 Å². The lowest BCUT2D eigenvalue weighted by atomic mass is 10.2. The van der Waals surface area contributed by atoms with Gasteiger partial charge in [0.15, 0.2) is 0 Å². The molecule has 0 aliphatic carbocycles. The highest BCUT2D eigenvalue weighted by Gasteiger charge is 2.23. The van der Waals surface area contributed by atoms with E-state index in [9.17, 15) is 18.5 Å². The minimum absolute atomic E-state index is 0.0113. The molecule has 2 aromatic rings. The zero-order valence-electron chi connectivity index (χ0n) is 13.7. The molecule has 0 bridgehead atoms. The Bertz CT molecular complexity index is 899. The van der Waals surface area contributed by atoms with Crippen LogP contribution in [0.25, 0.3) is 0 Å². The summed E-state index contributed by atoms with van der Waals surface area (Å²) in [4.78, 5) is 10.2. The van der Waals surface area contributed by atoms with Crippen LogP contribution in [0.4, 0.5) is 11.4 Å². The molecule has 9 heteroatoms. The van der Waals surface area contributed by atoms with Gasteiger partial charge in [-0.05, 0) is 26.0 Å². The van der Waals surface area contributed by atoms with Crippen LogP contribution in [-0.4, -0.2) is 19.9 Å². The number of ether oxygens (including phenoxy) is 1. The average Bonchev–Trinajstić information content (AvgIpc) is 2.55. The fraction of sp³-hybridized carbons (Fsp3) is 0.250. The number of hydrogen-bond acceptors (Lipinski definition) is 5. The van der Waals surface area contributed by atoms with E-state index in [0.717, 1.165) is 6.07 Å². The molecule has 0 aliphatic heterocycles. The van der Waals surface area contributed by atoms with Gasteiger partial charge in [0.1, 0.15) is 0 Å². The van der Waals surface area contributed by atoms with Crippen LogP contribution < -0.4 is 4.72 Å². The molecule has 0 radical (unpaired) electrons. The maximum Gasteiger partial charge on any atom is 0.275 e. The zero-order chi connectivity index (χ0) is 18.6. The third-order valence-corrected chi connectivity index (χ3v) is 5.26. The summed E-state index contributed by atoms with van der Waals surface area (Å²) in [6, 6.07) is 8.96. The Balaban J connectivity index is 2.43. The third-order valence-electron chi connectivity index (χ3n) is 3.52. The van der Waals surface area contributed by atoms with E-state index >= 15 is 0 Å². The lowest BCUT2D eigenvalue weighted by Gasteiger charge is -2.13. The van der Waals surface area contributed by atoms with Crippen molar-refractivity contribution in [3.63, 3.8) is 0 Å². The Morgan fingerprint density at radius 3 is 2.60 bits per heavy atom. The maximum absolute atomic E-state index is 12.6. The van der Waals surface area contributed by atoms with Crippen molar-refractivity contribution in [1.29, 1.82) is 0 Å². The number of nitro benzene ring substituents is 1. The van der Waals surface area contributed by atoms with Crippen LogP contribution in [0.2, 0.25) is 5.02 Å². The Morgan fingerprint density at radius 2 is 1.96 bits per heavy atom. The van der Waals surface area contributed by atoms with Crippen molar-refractivity contribution in [3.05, 3.63) is 62.7 Å². The van der Waals surface area contributed by atoms with Crippen LogP contribution in [-0.2, 0) is 21.4 Å². The molecule has 0 spiro atoms. The second-order valence-corrected chi connectivity index (χ2v) is 7.30. The Morgan fingerprint density at radius 1 is 1.28 bits per heavy atom. The minimum Gasteiger partial charge on any atom is -0.377 e. The number of anilines is 1. The summed E-state index contributed by atoms with van der Waals surface area (Å²) in [6.45, 7) is 4.02. The molecule has 0 heterocycles. The Hall–Kier alpha value is -2.16. The lowest BCUT2D eigenvalue weighted by molar-refractivity contribution is -0.385. The van der Waals surface area contributed by atoms with Crippen LogP contribution >= 0.6 is 11.6 Å². The normalized spacial score (nSPS) is 11.3. The van der Waals surface area contributed by atoms with Gasteiger partial charge in [0.25, 0.3) is 15.7 Å². The molecule has 134 valence electrons. The van der Waals surface area contributed by atoms with E-state index in [2.05, 4.69) is 4.72 Å². The molecule has 7 nitrogen and oxygen atoms in total. The molecule has 25 heavy (non-hydrogen) atoms. The number of nitro groups is 1. The molecular weight excluding hydrogens is 368 g/mol. The Kier molecular flexibility index (Phi) is 5.99. The number of rotatable bonds is 7. The van der Waals surface area contributed by atoms with Gasteiger partial charge in [-0.25, -0.2) is 8.42 Å². The first-order chi connectivity index (χ1) is 11.8. The fourth-order valence-corrected chi connectivity index (χ4v) is 3.57. The monoisotopic (exact) mass is 384 g/mol. The van der Waals surface area contributed by atoms with Crippen molar-refractivity contribution < 1.29 is 18.1 Å². The van der Waals surface area contributed by atoms with Crippen molar-refractivity contribution in [2.45, 2.75) is 25.3 Å². The van der Waals surface area contributed by atoms with E-state index < -0.39 is 14.9 Å². The number of halogens is 1. The topological polar surface area (TPSA) is 98.5 Å². The second-order valence-electron chi connectivity index (χ2n) is 5.21. The van der Waals surface area contributed by atoms with Gasteiger partial charge in [0.05, 0.1) is 27.1 Å². The van der Waals surface area contributed by atoms with E-state index in [1.54, 1.807) is 24.3 Å². The first-order valence-corrected chi connectivity index (χ1v) is 9.25. The summed E-state index contributed by atoms with van der Waals surface area (Å²) >= 11 is 5.96. The number of nitrogens with one attached hydrogen (secondary N) is 1. The van der Waals surface area contributed by atoms with Gasteiger partial charge in [-0.3, -0.25) is 14.8 Å². The van der Waals surface area contributed by atoms with Crippen molar-refractivity contribution in [2.75, 3.05) is 11.3 Å². The minimum atomic E-state index is -4.05. The average molecular weight is 385 g/mol. The summed E-state index contributed by atoms with van der Waals surface area (Å²) in [5.74, 6) is 0. The third kappa shape index (κ3) is 4.47. The summed E-state index contributed by atoms with van der Waals surface area (Å²) in [5, 5.41) is 11.1. The standard InChI is InChI=1S/C16H17ClN2O5S/c1-3-24-10-12-6-4-5-7-15(12)18-25(22,23)13-8-14(17)11(2)16(9-13)19(20)21/h4-9,18H,3,10H2,1-2H3. The lowest BCUT2D eigenvalue weighted by Crippen LogP contribution is -2.15. The second kappa shape index (κ2) is 7.81. The number of nitrogens with zero attached hydrogens (tertiary/aromatic N) is 1. The van der Waals surface area contributed by atoms with Gasteiger partial charge >= 0.3 is 0 Å². The molecule has 0 fully saturated rings. The first kappa shape index (κ1) is 19.2. The largest absolute Gasteiger partial charge is 0.377 e.